The first-order valence-electron chi connectivity index (χ1n) is 6.54. The lowest BCUT2D eigenvalue weighted by Crippen LogP contribution is -2.42. The number of benzene rings is 1. The van der Waals surface area contributed by atoms with Gasteiger partial charge < -0.3 is 15.2 Å². The number of ether oxygens (including phenoxy) is 1. The highest BCUT2D eigenvalue weighted by molar-refractivity contribution is 9.10. The van der Waals surface area contributed by atoms with Gasteiger partial charge in [-0.25, -0.2) is 9.18 Å². The first-order chi connectivity index (χ1) is 9.93. The van der Waals surface area contributed by atoms with Crippen molar-refractivity contribution in [2.75, 3.05) is 6.61 Å². The highest BCUT2D eigenvalue weighted by atomic mass is 79.9. The molecule has 7 heteroatoms. The summed E-state index contributed by atoms with van der Waals surface area (Å²) in [6, 6.07) is 2.89. The number of aliphatic carboxylic acids is 1. The highest BCUT2D eigenvalue weighted by Crippen LogP contribution is 2.25. The van der Waals surface area contributed by atoms with E-state index < -0.39 is 23.7 Å². The Morgan fingerprint density at radius 3 is 2.76 bits per heavy atom. The van der Waals surface area contributed by atoms with Gasteiger partial charge in [-0.05, 0) is 40.5 Å². The molecular formula is C14H17BrFNO4. The Labute approximate surface area is 130 Å². The van der Waals surface area contributed by atoms with Gasteiger partial charge in [0.05, 0.1) is 4.47 Å². The predicted molar refractivity (Wildman–Crippen MR) is 78.7 cm³/mol. The van der Waals surface area contributed by atoms with Gasteiger partial charge in [0.15, 0.2) is 6.61 Å². The lowest BCUT2D eigenvalue weighted by Gasteiger charge is -2.14. The normalized spacial score (nSPS) is 11.8. The fourth-order valence-corrected chi connectivity index (χ4v) is 2.10. The van der Waals surface area contributed by atoms with Crippen LogP contribution in [0.2, 0.25) is 0 Å². The van der Waals surface area contributed by atoms with Gasteiger partial charge in [0, 0.05) is 0 Å². The van der Waals surface area contributed by atoms with Crippen molar-refractivity contribution in [1.29, 1.82) is 0 Å². The van der Waals surface area contributed by atoms with Crippen molar-refractivity contribution in [1.82, 2.24) is 5.32 Å². The van der Waals surface area contributed by atoms with Crippen LogP contribution in [0.15, 0.2) is 22.7 Å². The number of carboxylic acids is 1. The molecule has 0 aliphatic heterocycles. The summed E-state index contributed by atoms with van der Waals surface area (Å²) in [6.45, 7) is 1.61. The zero-order chi connectivity index (χ0) is 15.8. The number of halogens is 2. The summed E-state index contributed by atoms with van der Waals surface area (Å²) in [7, 11) is 0. The topological polar surface area (TPSA) is 75.6 Å². The SMILES string of the molecule is CCCCC(NC(=O)COc1ccc(F)cc1Br)C(=O)O. The average molecular weight is 362 g/mol. The summed E-state index contributed by atoms with van der Waals surface area (Å²) < 4.78 is 18.5. The molecule has 1 unspecified atom stereocenters. The van der Waals surface area contributed by atoms with Crippen molar-refractivity contribution in [3.8, 4) is 5.75 Å². The van der Waals surface area contributed by atoms with Crippen molar-refractivity contribution >= 4 is 27.8 Å². The molecule has 0 bridgehead atoms. The van der Waals surface area contributed by atoms with Crippen molar-refractivity contribution in [3.05, 3.63) is 28.5 Å². The van der Waals surface area contributed by atoms with E-state index >= 15 is 0 Å². The Hall–Kier alpha value is -1.63. The van der Waals surface area contributed by atoms with Gasteiger partial charge in [-0.15, -0.1) is 0 Å². The molecule has 5 nitrogen and oxygen atoms in total. The smallest absolute Gasteiger partial charge is 0.326 e. The molecule has 0 spiro atoms. The molecule has 1 amide bonds. The first kappa shape index (κ1) is 17.4. The van der Waals surface area contributed by atoms with Crippen molar-refractivity contribution in [3.63, 3.8) is 0 Å². The van der Waals surface area contributed by atoms with Gasteiger partial charge in [0.25, 0.3) is 5.91 Å². The van der Waals surface area contributed by atoms with E-state index in [1.54, 1.807) is 0 Å². The maximum atomic E-state index is 12.9. The summed E-state index contributed by atoms with van der Waals surface area (Å²) in [4.78, 5) is 22.7. The monoisotopic (exact) mass is 361 g/mol. The maximum absolute atomic E-state index is 12.9. The molecule has 1 atom stereocenters. The van der Waals surface area contributed by atoms with Crippen LogP contribution in [-0.4, -0.2) is 29.6 Å². The summed E-state index contributed by atoms with van der Waals surface area (Å²) in [5.74, 6) is -1.72. The first-order valence-corrected chi connectivity index (χ1v) is 7.33. The predicted octanol–water partition coefficient (Wildman–Crippen LogP) is 2.73. The molecule has 21 heavy (non-hydrogen) atoms. The second-order valence-electron chi connectivity index (χ2n) is 4.46. The lowest BCUT2D eigenvalue weighted by atomic mass is 10.1. The van der Waals surface area contributed by atoms with Crippen LogP contribution in [-0.2, 0) is 9.59 Å². The van der Waals surface area contributed by atoms with E-state index in [0.717, 1.165) is 6.42 Å². The van der Waals surface area contributed by atoms with E-state index in [4.69, 9.17) is 9.84 Å². The lowest BCUT2D eigenvalue weighted by molar-refractivity contribution is -0.142. The number of nitrogens with one attached hydrogen (secondary N) is 1. The number of unbranched alkanes of at least 4 members (excludes halogenated alkanes) is 1. The zero-order valence-electron chi connectivity index (χ0n) is 11.6. The molecule has 0 aliphatic carbocycles. The number of amides is 1. The molecular weight excluding hydrogens is 345 g/mol. The van der Waals surface area contributed by atoms with Gasteiger partial charge in [-0.2, -0.15) is 0 Å². The van der Waals surface area contributed by atoms with E-state index in [1.807, 2.05) is 6.92 Å². The van der Waals surface area contributed by atoms with E-state index in [1.165, 1.54) is 18.2 Å². The Bertz CT molecular complexity index is 510. The van der Waals surface area contributed by atoms with Crippen LogP contribution in [0.25, 0.3) is 0 Å². The van der Waals surface area contributed by atoms with E-state index in [0.29, 0.717) is 23.1 Å². The van der Waals surface area contributed by atoms with Gasteiger partial charge in [-0.1, -0.05) is 19.8 Å². The van der Waals surface area contributed by atoms with E-state index in [9.17, 15) is 14.0 Å². The summed E-state index contributed by atoms with van der Waals surface area (Å²) >= 11 is 3.11. The fraction of sp³-hybridized carbons (Fsp3) is 0.429. The standard InChI is InChI=1S/C14H17BrFNO4/c1-2-3-4-11(14(19)20)17-13(18)8-21-12-6-5-9(16)7-10(12)15/h5-7,11H,2-4,8H2,1H3,(H,17,18)(H,19,20). The Kier molecular flexibility index (Phi) is 7.14. The molecule has 1 aromatic rings. The van der Waals surface area contributed by atoms with Crippen LogP contribution >= 0.6 is 15.9 Å². The van der Waals surface area contributed by atoms with Gasteiger partial charge in [0.1, 0.15) is 17.6 Å². The molecule has 0 saturated heterocycles. The molecule has 0 heterocycles. The maximum Gasteiger partial charge on any atom is 0.326 e. The number of rotatable bonds is 8. The number of carboxylic acid groups (broad SMARTS) is 1. The molecule has 0 radical (unpaired) electrons. The minimum Gasteiger partial charge on any atom is -0.483 e. The Morgan fingerprint density at radius 1 is 1.48 bits per heavy atom. The van der Waals surface area contributed by atoms with Crippen LogP contribution in [0.5, 0.6) is 5.75 Å². The summed E-state index contributed by atoms with van der Waals surface area (Å²) in [5.41, 5.74) is 0. The number of carbonyl (C=O) groups is 2. The van der Waals surface area contributed by atoms with E-state index in [2.05, 4.69) is 21.2 Å². The Balaban J connectivity index is 2.50. The minimum absolute atomic E-state index is 0.312. The molecule has 1 rings (SSSR count). The summed E-state index contributed by atoms with van der Waals surface area (Å²) in [6.07, 6.45) is 1.93. The number of carbonyl (C=O) groups excluding carboxylic acids is 1. The van der Waals surface area contributed by atoms with Crippen LogP contribution in [0, 0.1) is 5.82 Å². The summed E-state index contributed by atoms with van der Waals surface area (Å²) in [5, 5.41) is 11.4. The largest absolute Gasteiger partial charge is 0.483 e. The van der Waals surface area contributed by atoms with Crippen molar-refractivity contribution < 1.29 is 23.8 Å². The third-order valence-corrected chi connectivity index (χ3v) is 3.35. The van der Waals surface area contributed by atoms with Crippen LogP contribution in [0.1, 0.15) is 26.2 Å². The second-order valence-corrected chi connectivity index (χ2v) is 5.32. The third kappa shape index (κ3) is 6.12. The second kappa shape index (κ2) is 8.61. The van der Waals surface area contributed by atoms with Crippen LogP contribution in [0.3, 0.4) is 0 Å². The van der Waals surface area contributed by atoms with Crippen molar-refractivity contribution in [2.45, 2.75) is 32.2 Å². The van der Waals surface area contributed by atoms with E-state index in [-0.39, 0.29) is 6.61 Å². The molecule has 1 aromatic carbocycles. The van der Waals surface area contributed by atoms with Gasteiger partial charge >= 0.3 is 5.97 Å². The third-order valence-electron chi connectivity index (χ3n) is 2.73. The molecule has 2 N–H and O–H groups in total. The van der Waals surface area contributed by atoms with Crippen LogP contribution in [0.4, 0.5) is 4.39 Å². The number of hydrogen-bond donors (Lipinski definition) is 2. The molecule has 0 saturated carbocycles. The van der Waals surface area contributed by atoms with Crippen LogP contribution < -0.4 is 10.1 Å². The fourth-order valence-electron chi connectivity index (χ4n) is 1.64. The average Bonchev–Trinajstić information content (AvgIpc) is 2.42. The van der Waals surface area contributed by atoms with Gasteiger partial charge in [0.2, 0.25) is 0 Å². The minimum atomic E-state index is -1.07. The number of hydrogen-bond acceptors (Lipinski definition) is 3. The molecule has 0 aliphatic rings. The highest BCUT2D eigenvalue weighted by Gasteiger charge is 2.19. The zero-order valence-corrected chi connectivity index (χ0v) is 13.2. The quantitative estimate of drug-likeness (QED) is 0.746. The molecule has 116 valence electrons. The van der Waals surface area contributed by atoms with Crippen molar-refractivity contribution in [2.24, 2.45) is 0 Å². The van der Waals surface area contributed by atoms with Gasteiger partial charge in [-0.3, -0.25) is 4.79 Å². The molecule has 0 fully saturated rings. The molecule has 0 aromatic heterocycles. The Morgan fingerprint density at radius 2 is 2.19 bits per heavy atom.